The summed E-state index contributed by atoms with van der Waals surface area (Å²) in [6.45, 7) is 10.2. The monoisotopic (exact) mass is 352 g/mol. The Morgan fingerprint density at radius 1 is 1.12 bits per heavy atom. The Bertz CT molecular complexity index is 901. The molecule has 0 spiro atoms. The normalized spacial score (nSPS) is 17.9. The van der Waals surface area contributed by atoms with Gasteiger partial charge in [-0.1, -0.05) is 6.92 Å². The molecule has 4 heterocycles. The van der Waals surface area contributed by atoms with Crippen molar-refractivity contribution in [2.75, 3.05) is 25.0 Å². The highest BCUT2D eigenvalue weighted by molar-refractivity contribution is 5.86. The van der Waals surface area contributed by atoms with E-state index in [9.17, 15) is 0 Å². The minimum absolute atomic E-state index is 0.394. The van der Waals surface area contributed by atoms with Crippen LogP contribution in [0.1, 0.15) is 26.1 Å². The van der Waals surface area contributed by atoms with E-state index in [1.54, 1.807) is 6.33 Å². The van der Waals surface area contributed by atoms with E-state index in [1.165, 1.54) is 0 Å². The van der Waals surface area contributed by atoms with Crippen LogP contribution in [-0.2, 0) is 6.54 Å². The lowest BCUT2D eigenvalue weighted by atomic mass is 10.2. The lowest BCUT2D eigenvalue weighted by molar-refractivity contribution is 0.356. The fourth-order valence-corrected chi connectivity index (χ4v) is 3.50. The summed E-state index contributed by atoms with van der Waals surface area (Å²) in [5.41, 5.74) is 2.53. The van der Waals surface area contributed by atoms with E-state index in [4.69, 9.17) is 4.98 Å². The first-order valence-electron chi connectivity index (χ1n) is 9.18. The fourth-order valence-electron chi connectivity index (χ4n) is 3.50. The SMILES string of the molecule is CCN1CCC(Nc2ncnc3c2nc(-c2cnc(C)nc2)n3CC)C1. The number of fused-ring (bicyclic) bond motifs is 1. The molecule has 1 aliphatic rings. The third-order valence-corrected chi connectivity index (χ3v) is 4.95. The quantitative estimate of drug-likeness (QED) is 0.753. The van der Waals surface area contributed by atoms with Crippen LogP contribution in [0.2, 0.25) is 0 Å². The molecule has 1 aliphatic heterocycles. The topological polar surface area (TPSA) is 84.7 Å². The van der Waals surface area contributed by atoms with Gasteiger partial charge in [-0.25, -0.2) is 24.9 Å². The standard InChI is InChI=1S/C18H24N8/c1-4-25-7-6-14(10-25)23-16-15-18(22-11-21-16)26(5-2)17(24-15)13-8-19-12(3)20-9-13/h8-9,11,14H,4-7,10H2,1-3H3,(H,21,22,23). The smallest absolute Gasteiger partial charge is 0.165 e. The average molecular weight is 352 g/mol. The van der Waals surface area contributed by atoms with Crippen LogP contribution in [0.15, 0.2) is 18.7 Å². The van der Waals surface area contributed by atoms with Crippen molar-refractivity contribution in [3.05, 3.63) is 24.5 Å². The number of likely N-dealkylation sites (tertiary alicyclic amines) is 1. The van der Waals surface area contributed by atoms with Crippen LogP contribution in [0.3, 0.4) is 0 Å². The van der Waals surface area contributed by atoms with E-state index in [0.717, 1.165) is 66.8 Å². The first-order valence-corrected chi connectivity index (χ1v) is 9.18. The molecule has 0 aromatic carbocycles. The van der Waals surface area contributed by atoms with Gasteiger partial charge in [0.1, 0.15) is 18.0 Å². The van der Waals surface area contributed by atoms with Gasteiger partial charge in [-0.15, -0.1) is 0 Å². The lowest BCUT2D eigenvalue weighted by Gasteiger charge is -2.15. The molecular weight excluding hydrogens is 328 g/mol. The number of anilines is 1. The molecule has 136 valence electrons. The minimum atomic E-state index is 0.394. The highest BCUT2D eigenvalue weighted by Crippen LogP contribution is 2.27. The summed E-state index contributed by atoms with van der Waals surface area (Å²) in [6, 6.07) is 0.394. The molecule has 0 bridgehead atoms. The molecule has 3 aromatic heterocycles. The molecule has 1 saturated heterocycles. The van der Waals surface area contributed by atoms with Crippen LogP contribution >= 0.6 is 0 Å². The van der Waals surface area contributed by atoms with Gasteiger partial charge in [0.25, 0.3) is 0 Å². The number of nitrogens with one attached hydrogen (secondary N) is 1. The Balaban J connectivity index is 1.73. The zero-order valence-electron chi connectivity index (χ0n) is 15.5. The maximum absolute atomic E-state index is 4.85. The van der Waals surface area contributed by atoms with Crippen LogP contribution in [0.25, 0.3) is 22.6 Å². The van der Waals surface area contributed by atoms with Crippen molar-refractivity contribution in [1.29, 1.82) is 0 Å². The third-order valence-electron chi connectivity index (χ3n) is 4.95. The van der Waals surface area contributed by atoms with Crippen LogP contribution < -0.4 is 5.32 Å². The van der Waals surface area contributed by atoms with Gasteiger partial charge < -0.3 is 14.8 Å². The Kier molecular flexibility index (Phi) is 4.50. The predicted molar refractivity (Wildman–Crippen MR) is 101 cm³/mol. The van der Waals surface area contributed by atoms with Crippen molar-refractivity contribution in [2.24, 2.45) is 0 Å². The molecule has 8 heteroatoms. The summed E-state index contributed by atoms with van der Waals surface area (Å²) >= 11 is 0. The van der Waals surface area contributed by atoms with Crippen LogP contribution in [0.4, 0.5) is 5.82 Å². The van der Waals surface area contributed by atoms with E-state index in [-0.39, 0.29) is 0 Å². The number of rotatable bonds is 5. The largest absolute Gasteiger partial charge is 0.364 e. The van der Waals surface area contributed by atoms with E-state index in [2.05, 4.69) is 48.6 Å². The molecule has 0 radical (unpaired) electrons. The Morgan fingerprint density at radius 3 is 2.62 bits per heavy atom. The number of nitrogens with zero attached hydrogens (tertiary/aromatic N) is 7. The van der Waals surface area contributed by atoms with E-state index < -0.39 is 0 Å². The Hall–Kier alpha value is -2.61. The maximum Gasteiger partial charge on any atom is 0.165 e. The summed E-state index contributed by atoms with van der Waals surface area (Å²) in [5.74, 6) is 2.38. The predicted octanol–water partition coefficient (Wildman–Crippen LogP) is 2.12. The van der Waals surface area contributed by atoms with Gasteiger partial charge >= 0.3 is 0 Å². The minimum Gasteiger partial charge on any atom is -0.364 e. The second-order valence-electron chi connectivity index (χ2n) is 6.62. The second-order valence-corrected chi connectivity index (χ2v) is 6.62. The summed E-state index contributed by atoms with van der Waals surface area (Å²) in [5, 5.41) is 3.57. The van der Waals surface area contributed by atoms with Crippen LogP contribution in [0.5, 0.6) is 0 Å². The molecule has 1 atom stereocenters. The van der Waals surface area contributed by atoms with Gasteiger partial charge in [0.2, 0.25) is 0 Å². The second kappa shape index (κ2) is 6.95. The summed E-state index contributed by atoms with van der Waals surface area (Å²) in [7, 11) is 0. The van der Waals surface area contributed by atoms with Crippen LogP contribution in [-0.4, -0.2) is 60.1 Å². The number of aromatic nitrogens is 6. The van der Waals surface area contributed by atoms with E-state index in [0.29, 0.717) is 6.04 Å². The molecule has 0 aliphatic carbocycles. The summed E-state index contributed by atoms with van der Waals surface area (Å²) in [6.07, 6.45) is 6.35. The Morgan fingerprint density at radius 2 is 1.92 bits per heavy atom. The fraction of sp³-hybridized carbons (Fsp3) is 0.500. The molecule has 3 aromatic rings. The number of hydrogen-bond acceptors (Lipinski definition) is 7. The Labute approximate surface area is 152 Å². The molecule has 4 rings (SSSR count). The number of hydrogen-bond donors (Lipinski definition) is 1. The summed E-state index contributed by atoms with van der Waals surface area (Å²) < 4.78 is 2.09. The molecule has 0 saturated carbocycles. The zero-order valence-corrected chi connectivity index (χ0v) is 15.5. The van der Waals surface area contributed by atoms with Crippen molar-refractivity contribution in [3.8, 4) is 11.4 Å². The van der Waals surface area contributed by atoms with E-state index in [1.807, 2.05) is 19.3 Å². The molecule has 8 nitrogen and oxygen atoms in total. The zero-order chi connectivity index (χ0) is 18.1. The molecule has 1 unspecified atom stereocenters. The van der Waals surface area contributed by atoms with Crippen molar-refractivity contribution >= 4 is 17.0 Å². The molecule has 1 fully saturated rings. The molecule has 26 heavy (non-hydrogen) atoms. The number of imidazole rings is 1. The van der Waals surface area contributed by atoms with Crippen molar-refractivity contribution in [2.45, 2.75) is 39.8 Å². The van der Waals surface area contributed by atoms with Gasteiger partial charge in [0, 0.05) is 38.1 Å². The summed E-state index contributed by atoms with van der Waals surface area (Å²) in [4.78, 5) is 24.8. The number of aryl methyl sites for hydroxylation is 2. The number of likely N-dealkylation sites (N-methyl/N-ethyl adjacent to an activating group) is 1. The van der Waals surface area contributed by atoms with Gasteiger partial charge in [-0.3, -0.25) is 0 Å². The van der Waals surface area contributed by atoms with Gasteiger partial charge in [0.15, 0.2) is 17.0 Å². The first kappa shape index (κ1) is 16.8. The van der Waals surface area contributed by atoms with Gasteiger partial charge in [-0.2, -0.15) is 0 Å². The first-order chi connectivity index (χ1) is 12.7. The highest BCUT2D eigenvalue weighted by atomic mass is 15.2. The molecule has 1 N–H and O–H groups in total. The maximum atomic E-state index is 4.85. The van der Waals surface area contributed by atoms with E-state index >= 15 is 0 Å². The third kappa shape index (κ3) is 3.01. The van der Waals surface area contributed by atoms with Crippen molar-refractivity contribution < 1.29 is 0 Å². The average Bonchev–Trinajstić information content (AvgIpc) is 3.27. The molecule has 0 amide bonds. The van der Waals surface area contributed by atoms with Crippen LogP contribution in [0, 0.1) is 6.92 Å². The van der Waals surface area contributed by atoms with Gasteiger partial charge in [0.05, 0.1) is 5.56 Å². The van der Waals surface area contributed by atoms with Crippen molar-refractivity contribution in [1.82, 2.24) is 34.4 Å². The van der Waals surface area contributed by atoms with Gasteiger partial charge in [-0.05, 0) is 26.8 Å². The lowest BCUT2D eigenvalue weighted by Crippen LogP contribution is -2.26. The van der Waals surface area contributed by atoms with Crippen molar-refractivity contribution in [3.63, 3.8) is 0 Å². The molecular formula is C18H24N8. The highest BCUT2D eigenvalue weighted by Gasteiger charge is 2.23.